The molecule has 0 saturated carbocycles. The lowest BCUT2D eigenvalue weighted by Gasteiger charge is -2.03. The Morgan fingerprint density at radius 1 is 1.29 bits per heavy atom. The third kappa shape index (κ3) is 2.76. The molecule has 0 heterocycles. The number of phenols is 1. The monoisotopic (exact) mass is 193 g/mol. The first kappa shape index (κ1) is 10.6. The standard InChI is InChI=1S/C11H15NO2/c1-2-3-4-11(12-14)9-5-7-10(13)8-6-9/h5-8,13-14H,2-4H2,1H3/b12-11+. The van der Waals surface area contributed by atoms with Crippen LogP contribution in [-0.4, -0.2) is 16.0 Å². The highest BCUT2D eigenvalue weighted by Gasteiger charge is 2.03. The highest BCUT2D eigenvalue weighted by atomic mass is 16.4. The van der Waals surface area contributed by atoms with Crippen molar-refractivity contribution in [2.45, 2.75) is 26.2 Å². The Morgan fingerprint density at radius 2 is 1.93 bits per heavy atom. The van der Waals surface area contributed by atoms with Gasteiger partial charge in [-0.2, -0.15) is 0 Å². The van der Waals surface area contributed by atoms with Crippen molar-refractivity contribution in [3.63, 3.8) is 0 Å². The molecule has 3 nitrogen and oxygen atoms in total. The molecule has 0 fully saturated rings. The first-order valence-electron chi connectivity index (χ1n) is 4.78. The molecule has 0 radical (unpaired) electrons. The molecule has 3 heteroatoms. The number of phenolic OH excluding ortho intramolecular Hbond substituents is 1. The van der Waals surface area contributed by atoms with Gasteiger partial charge in [0.05, 0.1) is 5.71 Å². The maximum Gasteiger partial charge on any atom is 0.115 e. The average molecular weight is 193 g/mol. The van der Waals surface area contributed by atoms with Crippen molar-refractivity contribution in [2.24, 2.45) is 5.16 Å². The van der Waals surface area contributed by atoms with E-state index in [1.165, 1.54) is 0 Å². The molecule has 0 aliphatic carbocycles. The van der Waals surface area contributed by atoms with E-state index in [4.69, 9.17) is 10.3 Å². The van der Waals surface area contributed by atoms with Crippen LogP contribution in [-0.2, 0) is 0 Å². The summed E-state index contributed by atoms with van der Waals surface area (Å²) < 4.78 is 0. The summed E-state index contributed by atoms with van der Waals surface area (Å²) in [5.74, 6) is 0.224. The third-order valence-corrected chi connectivity index (χ3v) is 2.09. The van der Waals surface area contributed by atoms with E-state index in [1.807, 2.05) is 0 Å². The second kappa shape index (κ2) is 5.27. The average Bonchev–Trinajstić information content (AvgIpc) is 2.21. The van der Waals surface area contributed by atoms with E-state index < -0.39 is 0 Å². The predicted octanol–water partition coefficient (Wildman–Crippen LogP) is 2.76. The lowest BCUT2D eigenvalue weighted by molar-refractivity contribution is 0.318. The molecule has 0 atom stereocenters. The first-order valence-corrected chi connectivity index (χ1v) is 4.78. The van der Waals surface area contributed by atoms with Gasteiger partial charge in [0.15, 0.2) is 0 Å². The van der Waals surface area contributed by atoms with Gasteiger partial charge >= 0.3 is 0 Å². The molecule has 1 aromatic carbocycles. The molecule has 0 unspecified atom stereocenters. The predicted molar refractivity (Wildman–Crippen MR) is 56.0 cm³/mol. The van der Waals surface area contributed by atoms with Crippen LogP contribution in [0.5, 0.6) is 5.75 Å². The fourth-order valence-electron chi connectivity index (χ4n) is 1.25. The van der Waals surface area contributed by atoms with Gasteiger partial charge in [0.1, 0.15) is 5.75 Å². The molecule has 1 aromatic rings. The van der Waals surface area contributed by atoms with Crippen molar-refractivity contribution in [2.75, 3.05) is 0 Å². The molecule has 2 N–H and O–H groups in total. The van der Waals surface area contributed by atoms with Crippen LogP contribution >= 0.6 is 0 Å². The van der Waals surface area contributed by atoms with Crippen molar-refractivity contribution in [3.8, 4) is 5.75 Å². The zero-order chi connectivity index (χ0) is 10.4. The molecular formula is C11H15NO2. The number of rotatable bonds is 4. The number of unbranched alkanes of at least 4 members (excludes halogenated alkanes) is 1. The molecule has 1 rings (SSSR count). The summed E-state index contributed by atoms with van der Waals surface area (Å²) in [5, 5.41) is 21.1. The van der Waals surface area contributed by atoms with Crippen molar-refractivity contribution < 1.29 is 10.3 Å². The molecular weight excluding hydrogens is 178 g/mol. The fourth-order valence-corrected chi connectivity index (χ4v) is 1.25. The maximum atomic E-state index is 9.08. The zero-order valence-electron chi connectivity index (χ0n) is 8.27. The van der Waals surface area contributed by atoms with Gasteiger partial charge in [0.2, 0.25) is 0 Å². The van der Waals surface area contributed by atoms with E-state index in [9.17, 15) is 0 Å². The van der Waals surface area contributed by atoms with Gasteiger partial charge in [-0.25, -0.2) is 0 Å². The molecule has 14 heavy (non-hydrogen) atoms. The summed E-state index contributed by atoms with van der Waals surface area (Å²) in [6.07, 6.45) is 2.83. The number of benzene rings is 1. The first-order chi connectivity index (χ1) is 6.77. The zero-order valence-corrected chi connectivity index (χ0v) is 8.27. The second-order valence-electron chi connectivity index (χ2n) is 3.20. The van der Waals surface area contributed by atoms with Gasteiger partial charge in [-0.1, -0.05) is 18.5 Å². The quantitative estimate of drug-likeness (QED) is 0.439. The second-order valence-corrected chi connectivity index (χ2v) is 3.20. The van der Waals surface area contributed by atoms with Crippen LogP contribution in [0.4, 0.5) is 0 Å². The van der Waals surface area contributed by atoms with Crippen LogP contribution in [0.15, 0.2) is 29.4 Å². The number of nitrogens with zero attached hydrogens (tertiary/aromatic N) is 1. The summed E-state index contributed by atoms with van der Waals surface area (Å²) in [7, 11) is 0. The minimum Gasteiger partial charge on any atom is -0.508 e. The van der Waals surface area contributed by atoms with E-state index in [1.54, 1.807) is 24.3 Å². The molecule has 0 aliphatic rings. The summed E-state index contributed by atoms with van der Waals surface area (Å²) in [5.41, 5.74) is 1.53. The van der Waals surface area contributed by atoms with Crippen molar-refractivity contribution in [3.05, 3.63) is 29.8 Å². The van der Waals surface area contributed by atoms with Crippen molar-refractivity contribution >= 4 is 5.71 Å². The highest BCUT2D eigenvalue weighted by Crippen LogP contribution is 2.13. The van der Waals surface area contributed by atoms with Crippen LogP contribution in [0, 0.1) is 0 Å². The maximum absolute atomic E-state index is 9.08. The van der Waals surface area contributed by atoms with Gasteiger partial charge in [-0.05, 0) is 42.7 Å². The van der Waals surface area contributed by atoms with E-state index in [-0.39, 0.29) is 5.75 Å². The smallest absolute Gasteiger partial charge is 0.115 e. The third-order valence-electron chi connectivity index (χ3n) is 2.09. The van der Waals surface area contributed by atoms with Gasteiger partial charge < -0.3 is 10.3 Å². The summed E-state index contributed by atoms with van der Waals surface area (Å²) in [6.45, 7) is 2.09. The highest BCUT2D eigenvalue weighted by molar-refractivity contribution is 6.00. The van der Waals surface area contributed by atoms with Gasteiger partial charge in [0.25, 0.3) is 0 Å². The molecule has 0 bridgehead atoms. The Balaban J connectivity index is 2.75. The molecule has 0 saturated heterocycles. The number of hydrogen-bond donors (Lipinski definition) is 2. The SMILES string of the molecule is CCCC/C(=N\O)c1ccc(O)cc1. The number of aromatic hydroxyl groups is 1. The Bertz CT molecular complexity index is 304. The van der Waals surface area contributed by atoms with Gasteiger partial charge in [-0.3, -0.25) is 0 Å². The fraction of sp³-hybridized carbons (Fsp3) is 0.364. The van der Waals surface area contributed by atoms with E-state index in [0.29, 0.717) is 5.71 Å². The minimum absolute atomic E-state index is 0.224. The van der Waals surface area contributed by atoms with E-state index in [0.717, 1.165) is 24.8 Å². The van der Waals surface area contributed by atoms with Crippen LogP contribution in [0.25, 0.3) is 0 Å². The van der Waals surface area contributed by atoms with Gasteiger partial charge in [0, 0.05) is 0 Å². The number of hydrogen-bond acceptors (Lipinski definition) is 3. The molecule has 0 aromatic heterocycles. The van der Waals surface area contributed by atoms with Crippen molar-refractivity contribution in [1.29, 1.82) is 0 Å². The normalized spacial score (nSPS) is 11.6. The lowest BCUT2D eigenvalue weighted by Crippen LogP contribution is -2.00. The van der Waals surface area contributed by atoms with Crippen LogP contribution in [0.3, 0.4) is 0 Å². The summed E-state index contributed by atoms with van der Waals surface area (Å²) in [6, 6.07) is 6.68. The van der Waals surface area contributed by atoms with Crippen molar-refractivity contribution in [1.82, 2.24) is 0 Å². The van der Waals surface area contributed by atoms with E-state index in [2.05, 4.69) is 12.1 Å². The Kier molecular flexibility index (Phi) is 3.98. The lowest BCUT2D eigenvalue weighted by atomic mass is 10.1. The van der Waals surface area contributed by atoms with Gasteiger partial charge in [-0.15, -0.1) is 0 Å². The Morgan fingerprint density at radius 3 is 2.43 bits per heavy atom. The molecule has 0 amide bonds. The summed E-state index contributed by atoms with van der Waals surface area (Å²) in [4.78, 5) is 0. The Labute approximate surface area is 83.7 Å². The van der Waals surface area contributed by atoms with Crippen LogP contribution in [0.2, 0.25) is 0 Å². The largest absolute Gasteiger partial charge is 0.508 e. The van der Waals surface area contributed by atoms with Crippen LogP contribution < -0.4 is 0 Å². The Hall–Kier alpha value is -1.51. The molecule has 0 aliphatic heterocycles. The molecule has 76 valence electrons. The minimum atomic E-state index is 0.224. The summed E-state index contributed by atoms with van der Waals surface area (Å²) >= 11 is 0. The topological polar surface area (TPSA) is 52.8 Å². The van der Waals surface area contributed by atoms with E-state index >= 15 is 0 Å². The number of oxime groups is 1. The molecule has 0 spiro atoms. The van der Waals surface area contributed by atoms with Crippen LogP contribution in [0.1, 0.15) is 31.7 Å².